The van der Waals surface area contributed by atoms with Gasteiger partial charge in [0, 0.05) is 125 Å². The van der Waals surface area contributed by atoms with Crippen molar-refractivity contribution < 1.29 is 92.0 Å². The third-order valence-electron chi connectivity index (χ3n) is 25.5. The Hall–Kier alpha value is -10.1. The van der Waals surface area contributed by atoms with Crippen molar-refractivity contribution >= 4 is 117 Å². The zero-order chi connectivity index (χ0) is 89.3. The summed E-state index contributed by atoms with van der Waals surface area (Å²) < 4.78 is 0. The van der Waals surface area contributed by atoms with E-state index in [4.69, 9.17) is 11.5 Å². The number of carboxylic acids is 3. The molecule has 0 bridgehead atoms. The summed E-state index contributed by atoms with van der Waals surface area (Å²) in [5, 5.41) is 56.5. The van der Waals surface area contributed by atoms with Crippen molar-refractivity contribution in [2.75, 3.05) is 104 Å². The molecule has 5 aliphatic rings. The van der Waals surface area contributed by atoms with E-state index in [2.05, 4.69) is 88.9 Å². The van der Waals surface area contributed by atoms with Crippen LogP contribution in [-0.4, -0.2) is 296 Å². The second kappa shape index (κ2) is 45.8. The molecule has 3 aromatic rings. The van der Waals surface area contributed by atoms with Gasteiger partial charge < -0.3 is 89.9 Å². The van der Waals surface area contributed by atoms with Crippen LogP contribution in [0.15, 0.2) is 43.0 Å². The number of nitrogens with zero attached hydrogens (tertiary/aromatic N) is 5. The third kappa shape index (κ3) is 28.2. The molecule has 122 heavy (non-hydrogen) atoms. The summed E-state index contributed by atoms with van der Waals surface area (Å²) in [4.78, 5) is 230. The highest BCUT2D eigenvalue weighted by molar-refractivity contribution is 7.98. The first kappa shape index (κ1) is 97.3. The van der Waals surface area contributed by atoms with Crippen molar-refractivity contribution in [1.82, 2.24) is 87.7 Å². The van der Waals surface area contributed by atoms with Crippen LogP contribution in [0.2, 0.25) is 0 Å². The Balaban J connectivity index is 0.823. The fourth-order valence-corrected chi connectivity index (χ4v) is 19.3. The van der Waals surface area contributed by atoms with Crippen LogP contribution in [0.1, 0.15) is 150 Å². The summed E-state index contributed by atoms with van der Waals surface area (Å²) in [5.74, 6) is -10.3. The lowest BCUT2D eigenvalue weighted by atomic mass is 9.44. The zero-order valence-electron chi connectivity index (χ0n) is 71.3. The molecule has 39 heteroatoms. The van der Waals surface area contributed by atoms with Crippen LogP contribution in [0.5, 0.6) is 0 Å². The molecule has 12 amide bonds. The number of para-hydroxylation sites is 1. The first-order valence-electron chi connectivity index (χ1n) is 42.4. The molecule has 16 atom stereocenters. The minimum absolute atomic E-state index is 0.0424. The first-order chi connectivity index (χ1) is 57.8. The number of nitrogens with two attached hydrogens (primary N) is 2. The fourth-order valence-electron chi connectivity index (χ4n) is 18.9. The Morgan fingerprint density at radius 2 is 1.12 bits per heavy atom. The summed E-state index contributed by atoms with van der Waals surface area (Å²) in [6.07, 6.45) is 12.3. The minimum Gasteiger partial charge on any atom is -0.480 e. The number of aromatic amines is 2. The Bertz CT molecular complexity index is 4160. The van der Waals surface area contributed by atoms with E-state index in [0.29, 0.717) is 42.7 Å². The average molecular weight is 1730 g/mol. The number of carboxylic acid groups (broad SMARTS) is 3. The van der Waals surface area contributed by atoms with Gasteiger partial charge in [-0.2, -0.15) is 11.8 Å². The molecule has 674 valence electrons. The molecule has 0 radical (unpaired) electrons. The summed E-state index contributed by atoms with van der Waals surface area (Å²) in [7, 11) is 0. The molecule has 1 aromatic carbocycles. The number of ketones is 1. The van der Waals surface area contributed by atoms with E-state index in [1.807, 2.05) is 38.3 Å². The molecule has 2 aromatic heterocycles. The van der Waals surface area contributed by atoms with Gasteiger partial charge >= 0.3 is 17.9 Å². The normalized spacial score (nSPS) is 23.7. The molecular formula is C83H127N19O19S. The van der Waals surface area contributed by atoms with Crippen LogP contribution >= 0.6 is 11.8 Å². The van der Waals surface area contributed by atoms with Gasteiger partial charge in [0.05, 0.1) is 45.6 Å². The molecule has 1 aliphatic heterocycles. The number of aliphatic carboxylic acids is 3. The number of rotatable bonds is 43. The van der Waals surface area contributed by atoms with E-state index in [1.165, 1.54) is 38.1 Å². The van der Waals surface area contributed by atoms with Crippen molar-refractivity contribution in [3.8, 4) is 0 Å². The number of carbonyl (C=O) groups excluding carboxylic acids is 13. The number of hydrogen-bond donors (Lipinski definition) is 17. The van der Waals surface area contributed by atoms with Crippen LogP contribution in [0.4, 0.5) is 0 Å². The van der Waals surface area contributed by atoms with Crippen LogP contribution in [0, 0.1) is 52.3 Å². The monoisotopic (exact) mass is 1730 g/mol. The number of thioether (sulfide) groups is 1. The maximum absolute atomic E-state index is 15.0. The molecule has 19 N–H and O–H groups in total. The van der Waals surface area contributed by atoms with Gasteiger partial charge in [0.2, 0.25) is 70.9 Å². The molecule has 0 spiro atoms. The highest BCUT2D eigenvalue weighted by atomic mass is 32.2. The number of primary amides is 2. The largest absolute Gasteiger partial charge is 0.480 e. The van der Waals surface area contributed by atoms with Crippen LogP contribution < -0.4 is 64.6 Å². The molecule has 8 rings (SSSR count). The maximum atomic E-state index is 15.0. The lowest BCUT2D eigenvalue weighted by Crippen LogP contribution is -2.58. The Kier molecular flexibility index (Phi) is 36.6. The molecule has 3 unspecified atom stereocenters. The SMILES string of the molecule is CSCC[C@H](NC(=O)[C@H](CC(C)C)NC(=O)[C@H](Cc1cnc[nH]1)NC(=O)CNC(=O)[C@H](C)NC(=O)[C@H](C)NC(=O)[C@H](Cc1c[nH]c2ccccc12)NC(=O)[C@H](CCC(N)=O)NC(=O)CC[C@@H](C)[C@H]1CCC2C3CC[C@@H]4C[C@@H](NC(=O)CNC(=O)CN5CCN(CC(=O)O)CCN(CC(=O)O)CCN(CC(=O)O)CC5)CC[C@]4(C)C3CC(=O)[C@@]21C)C(N)=O. The van der Waals surface area contributed by atoms with Gasteiger partial charge in [-0.15, -0.1) is 0 Å². The topological polar surface area (TPSA) is 564 Å². The van der Waals surface area contributed by atoms with Gasteiger partial charge in [0.25, 0.3) is 0 Å². The predicted octanol–water partition coefficient (Wildman–Crippen LogP) is -0.894. The van der Waals surface area contributed by atoms with Crippen molar-refractivity contribution in [3.63, 3.8) is 0 Å². The summed E-state index contributed by atoms with van der Waals surface area (Å²) in [6, 6.07) is -1.75. The summed E-state index contributed by atoms with van der Waals surface area (Å²) >= 11 is 1.46. The molecule has 5 fully saturated rings. The number of benzene rings is 1. The molecular weight excluding hydrogens is 1600 g/mol. The summed E-state index contributed by atoms with van der Waals surface area (Å²) in [6.45, 7) is 12.6. The number of Topliss-reactive ketones (excluding diaryl/α,β-unsaturated/α-hetero) is 1. The van der Waals surface area contributed by atoms with Gasteiger partial charge in [-0.05, 0) is 155 Å². The van der Waals surface area contributed by atoms with Crippen molar-refractivity contribution in [2.24, 2.45) is 63.7 Å². The Morgan fingerprint density at radius 1 is 0.566 bits per heavy atom. The molecule has 1 saturated heterocycles. The van der Waals surface area contributed by atoms with Crippen molar-refractivity contribution in [2.45, 2.75) is 200 Å². The van der Waals surface area contributed by atoms with Crippen LogP contribution in [0.3, 0.4) is 0 Å². The smallest absolute Gasteiger partial charge is 0.317 e. The van der Waals surface area contributed by atoms with Crippen molar-refractivity contribution in [3.05, 3.63) is 54.2 Å². The van der Waals surface area contributed by atoms with Gasteiger partial charge in [-0.25, -0.2) is 4.98 Å². The lowest BCUT2D eigenvalue weighted by Gasteiger charge is -2.60. The molecule has 4 saturated carbocycles. The van der Waals surface area contributed by atoms with E-state index < -0.39 is 137 Å². The second-order valence-electron chi connectivity index (χ2n) is 34.6. The Labute approximate surface area is 714 Å². The van der Waals surface area contributed by atoms with Gasteiger partial charge in [-0.1, -0.05) is 52.8 Å². The van der Waals surface area contributed by atoms with Crippen LogP contribution in [-0.2, 0) is 89.6 Å². The number of imidazole rings is 1. The number of carbonyl (C=O) groups is 16. The highest BCUT2D eigenvalue weighted by Crippen LogP contribution is 2.67. The van der Waals surface area contributed by atoms with Crippen LogP contribution in [0.25, 0.3) is 10.9 Å². The molecule has 4 aliphatic carbocycles. The number of fused-ring (bicyclic) bond motifs is 6. The lowest BCUT2D eigenvalue weighted by molar-refractivity contribution is -0.158. The highest BCUT2D eigenvalue weighted by Gasteiger charge is 2.64. The van der Waals surface area contributed by atoms with E-state index in [1.54, 1.807) is 31.9 Å². The quantitative estimate of drug-likeness (QED) is 0.0327. The van der Waals surface area contributed by atoms with E-state index in [0.717, 1.165) is 43.0 Å². The molecule has 38 nitrogen and oxygen atoms in total. The van der Waals surface area contributed by atoms with E-state index >= 15 is 4.79 Å². The minimum atomic E-state index is -1.40. The maximum Gasteiger partial charge on any atom is 0.317 e. The fraction of sp³-hybridized carbons (Fsp3) is 0.675. The third-order valence-corrected chi connectivity index (χ3v) is 26.2. The Morgan fingerprint density at radius 3 is 1.72 bits per heavy atom. The zero-order valence-corrected chi connectivity index (χ0v) is 72.1. The molecule has 3 heterocycles. The summed E-state index contributed by atoms with van der Waals surface area (Å²) in [5.41, 5.74) is 12.1. The number of amides is 12. The second-order valence-corrected chi connectivity index (χ2v) is 35.6. The number of nitrogens with one attached hydrogen (secondary N) is 12. The van der Waals surface area contributed by atoms with E-state index in [9.17, 15) is 87.2 Å². The van der Waals surface area contributed by atoms with Gasteiger partial charge in [0.15, 0.2) is 0 Å². The average Bonchev–Trinajstić information content (AvgIpc) is 1.44. The number of hydrogen-bond acceptors (Lipinski definition) is 22. The standard InChI is InChI=1S/C83H127N19O19S/c1-47(2)33-63(80(120)96-61(75(85)115)22-32-122-8)97-81(121)65(36-54-39-86-46-90-54)95-70(107)41-89-76(116)49(4)91-77(117)50(5)92-79(119)64(34-51-38-87-60-12-10-9-11-55(51)60)98-78(118)62(18-19-67(84)104)94-68(105)20-13-48(3)57-16-17-58-56-15-14-52-35-53(21-23-82(52,6)59(56)37-66(103)83(57,58)7)93-69(106)40-88-71(108)42-99-24-26-100(43-72(109)110)28-30-102(45-74(113)114)31-29-101(27-25-99)44-73(111)112/h9-12,38-39,46-50,52-53,56-59,61-65,87H,13-37,40-45H2,1-8H3,(H2,84,104)(H2,85,115)(H,86,90)(H,88,108)(H,89,116)(H,91,117)(H,92,119)(H,93,106)(H,94,105)(H,95,107)(H,96,120)(H,97,121)(H,98,118)(H,109,110)(H,111,112)(H,113,114)/t48-,49+,50+,52-,53+,56?,57-,58?,59?,61+,62+,63+,64+,65+,82+,83-/m1/s1. The number of H-pyrrole nitrogens is 2. The van der Waals surface area contributed by atoms with Gasteiger partial charge in [-0.3, -0.25) is 96.3 Å². The van der Waals surface area contributed by atoms with Crippen molar-refractivity contribution in [1.29, 1.82) is 0 Å². The van der Waals surface area contributed by atoms with Gasteiger partial charge in [0.1, 0.15) is 48.1 Å². The number of aromatic nitrogens is 3. The predicted molar refractivity (Wildman–Crippen MR) is 450 cm³/mol. The first-order valence-corrected chi connectivity index (χ1v) is 43.8. The van der Waals surface area contributed by atoms with E-state index in [-0.39, 0.29) is 195 Å².